The van der Waals surface area contributed by atoms with E-state index in [1.165, 1.54) is 17.3 Å². The summed E-state index contributed by atoms with van der Waals surface area (Å²) in [6.07, 6.45) is 3.96. The summed E-state index contributed by atoms with van der Waals surface area (Å²) in [6, 6.07) is 11.8. The Hall–Kier alpha value is -2.24. The largest absolute Gasteiger partial charge is 0.493 e. The number of halogens is 1. The third-order valence-corrected chi connectivity index (χ3v) is 6.21. The lowest BCUT2D eigenvalue weighted by Gasteiger charge is -2.17. The van der Waals surface area contributed by atoms with Gasteiger partial charge in [-0.15, -0.1) is 0 Å². The Labute approximate surface area is 180 Å². The first-order valence-electron chi connectivity index (χ1n) is 9.76. The lowest BCUT2D eigenvalue weighted by Crippen LogP contribution is -2.29. The highest BCUT2D eigenvalue weighted by Crippen LogP contribution is 2.38. The van der Waals surface area contributed by atoms with Crippen LogP contribution in [0.2, 0.25) is 5.02 Å². The van der Waals surface area contributed by atoms with E-state index in [4.69, 9.17) is 16.3 Å². The fourth-order valence-corrected chi connectivity index (χ4v) is 4.64. The van der Waals surface area contributed by atoms with Gasteiger partial charge < -0.3 is 4.74 Å². The number of benzene rings is 2. The summed E-state index contributed by atoms with van der Waals surface area (Å²) in [4.78, 5) is 20.3. The average Bonchev–Trinajstić information content (AvgIpc) is 2.98. The number of fused-ring (bicyclic) bond motifs is 1. The van der Waals surface area contributed by atoms with E-state index in [1.54, 1.807) is 4.90 Å². The molecule has 0 aromatic heterocycles. The minimum absolute atomic E-state index is 0.0777. The quantitative estimate of drug-likeness (QED) is 0.577. The third kappa shape index (κ3) is 4.21. The van der Waals surface area contributed by atoms with Crippen LogP contribution >= 0.6 is 23.4 Å². The van der Waals surface area contributed by atoms with Crippen LogP contribution in [-0.4, -0.2) is 23.7 Å². The fourth-order valence-electron chi connectivity index (χ4n) is 3.35. The molecular weight excluding hydrogens is 404 g/mol. The Kier molecular flexibility index (Phi) is 5.70. The van der Waals surface area contributed by atoms with E-state index in [-0.39, 0.29) is 11.9 Å². The van der Waals surface area contributed by atoms with Gasteiger partial charge in [-0.1, -0.05) is 23.7 Å². The molecule has 1 saturated heterocycles. The molecule has 0 atom stereocenters. The fraction of sp³-hybridized carbons (Fsp3) is 0.304. The molecule has 1 amide bonds. The van der Waals surface area contributed by atoms with Gasteiger partial charge in [-0.3, -0.25) is 14.7 Å². The van der Waals surface area contributed by atoms with Gasteiger partial charge in [-0.05, 0) is 92.4 Å². The number of aryl methyl sites for hydroxylation is 2. The highest BCUT2D eigenvalue weighted by atomic mass is 35.5. The minimum atomic E-state index is -0.0803. The van der Waals surface area contributed by atoms with Crippen LogP contribution in [0.3, 0.4) is 0 Å². The van der Waals surface area contributed by atoms with Crippen molar-refractivity contribution in [3.8, 4) is 5.75 Å². The second-order valence-corrected chi connectivity index (χ2v) is 8.93. The SMILES string of the molecule is Cc1ccc(N2C(=O)/C(=C/c3ccc4c(c3)CCCO4)S/C2=N\C(C)C)cc1Cl. The van der Waals surface area contributed by atoms with E-state index in [2.05, 4.69) is 11.1 Å². The number of rotatable bonds is 3. The van der Waals surface area contributed by atoms with Gasteiger partial charge in [-0.2, -0.15) is 0 Å². The zero-order valence-corrected chi connectivity index (χ0v) is 18.3. The van der Waals surface area contributed by atoms with Gasteiger partial charge >= 0.3 is 0 Å². The van der Waals surface area contributed by atoms with Crippen LogP contribution in [0.5, 0.6) is 5.75 Å². The van der Waals surface area contributed by atoms with Crippen LogP contribution in [0.4, 0.5) is 5.69 Å². The van der Waals surface area contributed by atoms with E-state index in [0.717, 1.165) is 42.0 Å². The number of carbonyl (C=O) groups is 1. The van der Waals surface area contributed by atoms with Crippen molar-refractivity contribution in [3.05, 3.63) is 63.0 Å². The molecule has 0 unspecified atom stereocenters. The van der Waals surface area contributed by atoms with E-state index < -0.39 is 0 Å². The molecule has 0 aliphatic carbocycles. The van der Waals surface area contributed by atoms with Gasteiger partial charge in [-0.25, -0.2) is 0 Å². The molecule has 0 bridgehead atoms. The Morgan fingerprint density at radius 2 is 2.07 bits per heavy atom. The zero-order chi connectivity index (χ0) is 20.5. The molecule has 150 valence electrons. The van der Waals surface area contributed by atoms with E-state index in [1.807, 2.05) is 57.2 Å². The number of ether oxygens (including phenoxy) is 1. The molecule has 2 heterocycles. The normalized spacial score (nSPS) is 19.2. The second-order valence-electron chi connectivity index (χ2n) is 7.51. The first-order valence-corrected chi connectivity index (χ1v) is 11.0. The van der Waals surface area contributed by atoms with Crippen LogP contribution in [0.15, 0.2) is 46.3 Å². The number of thioether (sulfide) groups is 1. The molecule has 2 aromatic rings. The van der Waals surface area contributed by atoms with E-state index in [9.17, 15) is 4.79 Å². The maximum Gasteiger partial charge on any atom is 0.271 e. The van der Waals surface area contributed by atoms with Crippen molar-refractivity contribution >= 4 is 46.2 Å². The number of hydrogen-bond donors (Lipinski definition) is 0. The lowest BCUT2D eigenvalue weighted by molar-refractivity contribution is -0.113. The van der Waals surface area contributed by atoms with Gasteiger partial charge in [0, 0.05) is 11.1 Å². The van der Waals surface area contributed by atoms with Crippen molar-refractivity contribution in [3.63, 3.8) is 0 Å². The van der Waals surface area contributed by atoms with Crippen LogP contribution in [0, 0.1) is 6.92 Å². The number of aliphatic imine (C=N–C) groups is 1. The minimum Gasteiger partial charge on any atom is -0.493 e. The maximum atomic E-state index is 13.3. The van der Waals surface area contributed by atoms with Gasteiger partial charge in [0.15, 0.2) is 5.17 Å². The molecule has 0 spiro atoms. The standard InChI is InChI=1S/C23H23ClN2O2S/c1-14(2)25-23-26(18-8-6-15(3)19(24)13-18)22(27)21(29-23)12-16-7-9-20-17(11-16)5-4-10-28-20/h6-9,11-14H,4-5,10H2,1-3H3/b21-12-,25-23-. The Morgan fingerprint density at radius 1 is 1.24 bits per heavy atom. The molecule has 0 N–H and O–H groups in total. The van der Waals surface area contributed by atoms with Gasteiger partial charge in [0.2, 0.25) is 0 Å². The van der Waals surface area contributed by atoms with Crippen LogP contribution in [0.25, 0.3) is 6.08 Å². The van der Waals surface area contributed by atoms with Crippen LogP contribution in [-0.2, 0) is 11.2 Å². The van der Waals surface area contributed by atoms with Crippen LogP contribution < -0.4 is 9.64 Å². The molecule has 2 aromatic carbocycles. The van der Waals surface area contributed by atoms with Crippen molar-refractivity contribution in [2.45, 2.75) is 39.7 Å². The monoisotopic (exact) mass is 426 g/mol. The zero-order valence-electron chi connectivity index (χ0n) is 16.7. The molecule has 2 aliphatic rings. The summed E-state index contributed by atoms with van der Waals surface area (Å²) < 4.78 is 5.69. The van der Waals surface area contributed by atoms with Gasteiger partial charge in [0.05, 0.1) is 17.2 Å². The van der Waals surface area contributed by atoms with E-state index in [0.29, 0.717) is 15.1 Å². The molecule has 4 nitrogen and oxygen atoms in total. The second kappa shape index (κ2) is 8.25. The van der Waals surface area contributed by atoms with Crippen LogP contribution in [0.1, 0.15) is 37.0 Å². The van der Waals surface area contributed by atoms with Crippen molar-refractivity contribution in [2.24, 2.45) is 4.99 Å². The Bertz CT molecular complexity index is 1030. The molecule has 0 radical (unpaired) electrons. The van der Waals surface area contributed by atoms with Crippen molar-refractivity contribution in [1.29, 1.82) is 0 Å². The van der Waals surface area contributed by atoms with Crippen molar-refractivity contribution < 1.29 is 9.53 Å². The lowest BCUT2D eigenvalue weighted by atomic mass is 10.0. The first-order chi connectivity index (χ1) is 13.9. The topological polar surface area (TPSA) is 41.9 Å². The number of amides is 1. The molecule has 2 aliphatic heterocycles. The molecular formula is C23H23ClN2O2S. The third-order valence-electron chi connectivity index (χ3n) is 4.82. The molecule has 29 heavy (non-hydrogen) atoms. The van der Waals surface area contributed by atoms with Crippen molar-refractivity contribution in [1.82, 2.24) is 0 Å². The number of carbonyl (C=O) groups excluding carboxylic acids is 1. The molecule has 6 heteroatoms. The maximum absolute atomic E-state index is 13.3. The summed E-state index contributed by atoms with van der Waals surface area (Å²) in [6.45, 7) is 6.72. The van der Waals surface area contributed by atoms with Gasteiger partial charge in [0.1, 0.15) is 5.75 Å². The number of hydrogen-bond acceptors (Lipinski definition) is 4. The molecule has 1 fully saturated rings. The van der Waals surface area contributed by atoms with E-state index >= 15 is 0 Å². The number of anilines is 1. The smallest absolute Gasteiger partial charge is 0.271 e. The Balaban J connectivity index is 1.71. The van der Waals surface area contributed by atoms with Gasteiger partial charge in [0.25, 0.3) is 5.91 Å². The molecule has 0 saturated carbocycles. The summed E-state index contributed by atoms with van der Waals surface area (Å²) >= 11 is 7.72. The first kappa shape index (κ1) is 20.0. The highest BCUT2D eigenvalue weighted by molar-refractivity contribution is 8.19. The number of amidine groups is 1. The summed E-state index contributed by atoms with van der Waals surface area (Å²) in [5, 5.41) is 1.31. The molecule has 4 rings (SSSR count). The van der Waals surface area contributed by atoms with Crippen molar-refractivity contribution in [2.75, 3.05) is 11.5 Å². The average molecular weight is 427 g/mol. The predicted octanol–water partition coefficient (Wildman–Crippen LogP) is 5.86. The summed E-state index contributed by atoms with van der Waals surface area (Å²) in [5.74, 6) is 0.866. The predicted molar refractivity (Wildman–Crippen MR) is 122 cm³/mol. The summed E-state index contributed by atoms with van der Waals surface area (Å²) in [5.41, 5.74) is 3.90. The summed E-state index contributed by atoms with van der Waals surface area (Å²) in [7, 11) is 0. The number of nitrogens with zero attached hydrogens (tertiary/aromatic N) is 2. The highest BCUT2D eigenvalue weighted by Gasteiger charge is 2.35. The Morgan fingerprint density at radius 3 is 2.83 bits per heavy atom.